The number of benzene rings is 1. The number of piperazine rings is 1. The lowest BCUT2D eigenvalue weighted by molar-refractivity contribution is 0.179. The molecule has 1 fully saturated rings. The Morgan fingerprint density at radius 2 is 1.79 bits per heavy atom. The summed E-state index contributed by atoms with van der Waals surface area (Å²) in [5, 5.41) is 4.58. The number of nitrogens with zero attached hydrogens (tertiary/aromatic N) is 4. The Morgan fingerprint density at radius 3 is 2.54 bits per heavy atom. The van der Waals surface area contributed by atoms with Gasteiger partial charge >= 0.3 is 0 Å². The van der Waals surface area contributed by atoms with Crippen LogP contribution >= 0.6 is 0 Å². The molecule has 148 valence electrons. The summed E-state index contributed by atoms with van der Waals surface area (Å²) >= 11 is 0. The molecule has 0 radical (unpaired) electrons. The quantitative estimate of drug-likeness (QED) is 0.635. The van der Waals surface area contributed by atoms with E-state index in [0.717, 1.165) is 11.2 Å². The van der Waals surface area contributed by atoms with E-state index in [0.29, 0.717) is 45.1 Å². The number of rotatable bonds is 6. The molecular weight excluding hydrogens is 376 g/mol. The summed E-state index contributed by atoms with van der Waals surface area (Å²) in [4.78, 5) is 2.48. The summed E-state index contributed by atoms with van der Waals surface area (Å²) in [6, 6.07) is 14.9. The van der Waals surface area contributed by atoms with Gasteiger partial charge in [0, 0.05) is 38.9 Å². The van der Waals surface area contributed by atoms with Crippen LogP contribution in [0.2, 0.25) is 0 Å². The van der Waals surface area contributed by atoms with Crippen LogP contribution in [0.3, 0.4) is 0 Å². The molecule has 8 heteroatoms. The van der Waals surface area contributed by atoms with E-state index in [4.69, 9.17) is 4.74 Å². The highest BCUT2D eigenvalue weighted by atomic mass is 32.2. The van der Waals surface area contributed by atoms with Gasteiger partial charge in [-0.25, -0.2) is 12.9 Å². The fraction of sp³-hybridized carbons (Fsp3) is 0.350. The minimum absolute atomic E-state index is 0.241. The lowest BCUT2D eigenvalue weighted by Crippen LogP contribution is -2.48. The number of fused-ring (bicyclic) bond motifs is 1. The second kappa shape index (κ2) is 7.90. The van der Waals surface area contributed by atoms with Gasteiger partial charge in [-0.15, -0.1) is 0 Å². The number of ether oxygens (including phenoxy) is 1. The molecule has 1 aliphatic rings. The Morgan fingerprint density at radius 1 is 1.04 bits per heavy atom. The van der Waals surface area contributed by atoms with Gasteiger partial charge in [0.1, 0.15) is 10.6 Å². The van der Waals surface area contributed by atoms with Crippen molar-refractivity contribution in [1.82, 2.24) is 18.8 Å². The second-order valence-corrected chi connectivity index (χ2v) is 8.67. The van der Waals surface area contributed by atoms with E-state index in [9.17, 15) is 8.42 Å². The summed E-state index contributed by atoms with van der Waals surface area (Å²) in [5.74, 6) is 0.414. The van der Waals surface area contributed by atoms with Crippen molar-refractivity contribution in [3.63, 3.8) is 0 Å². The minimum Gasteiger partial charge on any atom is -0.492 e. The highest BCUT2D eigenvalue weighted by Gasteiger charge is 2.30. The summed E-state index contributed by atoms with van der Waals surface area (Å²) < 4.78 is 35.1. The van der Waals surface area contributed by atoms with Gasteiger partial charge in [-0.3, -0.25) is 4.90 Å². The Balaban J connectivity index is 1.43. The number of aromatic nitrogens is 2. The first-order chi connectivity index (χ1) is 13.6. The van der Waals surface area contributed by atoms with Crippen molar-refractivity contribution in [3.05, 3.63) is 60.4 Å². The zero-order valence-corrected chi connectivity index (χ0v) is 16.7. The molecule has 0 spiro atoms. The first-order valence-electron chi connectivity index (χ1n) is 9.45. The van der Waals surface area contributed by atoms with Crippen molar-refractivity contribution in [2.24, 2.45) is 0 Å². The lowest BCUT2D eigenvalue weighted by Gasteiger charge is -2.33. The van der Waals surface area contributed by atoms with Crippen LogP contribution in [0.1, 0.15) is 12.6 Å². The number of hydrogen-bond donors (Lipinski definition) is 0. The fourth-order valence-electron chi connectivity index (χ4n) is 3.50. The maximum absolute atomic E-state index is 13.1. The smallest absolute Gasteiger partial charge is 0.246 e. The average Bonchev–Trinajstić information content (AvgIpc) is 3.11. The summed E-state index contributed by atoms with van der Waals surface area (Å²) in [5.41, 5.74) is 2.05. The van der Waals surface area contributed by atoms with Crippen molar-refractivity contribution in [2.45, 2.75) is 18.4 Å². The van der Waals surface area contributed by atoms with Crippen LogP contribution in [-0.2, 0) is 16.6 Å². The van der Waals surface area contributed by atoms with Crippen LogP contribution in [0, 0.1) is 0 Å². The molecule has 0 bridgehead atoms. The Hall–Kier alpha value is -2.42. The molecule has 0 unspecified atom stereocenters. The summed E-state index contributed by atoms with van der Waals surface area (Å²) in [6.07, 6.45) is 1.93. The average molecular weight is 401 g/mol. The van der Waals surface area contributed by atoms with Crippen LogP contribution in [0.4, 0.5) is 0 Å². The highest BCUT2D eigenvalue weighted by Crippen LogP contribution is 2.27. The number of pyridine rings is 1. The molecule has 0 atom stereocenters. The number of sulfonamides is 1. The predicted octanol–water partition coefficient (Wildman–Crippen LogP) is 2.24. The molecule has 1 aromatic carbocycles. The molecule has 4 rings (SSSR count). The van der Waals surface area contributed by atoms with Gasteiger partial charge in [0.15, 0.2) is 0 Å². The van der Waals surface area contributed by atoms with E-state index in [2.05, 4.69) is 16.1 Å². The van der Waals surface area contributed by atoms with E-state index in [1.165, 1.54) is 0 Å². The molecule has 1 saturated heterocycles. The molecule has 28 heavy (non-hydrogen) atoms. The zero-order chi connectivity index (χ0) is 19.6. The van der Waals surface area contributed by atoms with E-state index >= 15 is 0 Å². The summed E-state index contributed by atoms with van der Waals surface area (Å²) in [7, 11) is -3.57. The first-order valence-corrected chi connectivity index (χ1v) is 10.9. The highest BCUT2D eigenvalue weighted by molar-refractivity contribution is 7.89. The van der Waals surface area contributed by atoms with Crippen LogP contribution in [0.5, 0.6) is 5.75 Å². The van der Waals surface area contributed by atoms with Gasteiger partial charge in [-0.2, -0.15) is 9.40 Å². The molecule has 2 aromatic heterocycles. The normalized spacial score (nSPS) is 16.5. The topological polar surface area (TPSA) is 67.2 Å². The van der Waals surface area contributed by atoms with Crippen molar-refractivity contribution in [3.8, 4) is 5.75 Å². The molecule has 3 heterocycles. The Bertz CT molecular complexity index is 1020. The van der Waals surface area contributed by atoms with Gasteiger partial charge in [0.25, 0.3) is 0 Å². The number of para-hydroxylation sites is 1. The third kappa shape index (κ3) is 3.76. The standard InChI is InChI=1S/C20H24N4O3S/c1-2-27-19-8-3-4-9-20(19)28(25,26)23-13-11-22(12-14-23)16-17-15-18-7-5-6-10-24(18)21-17/h3-10,15H,2,11-14,16H2,1H3. The van der Waals surface area contributed by atoms with Crippen LogP contribution < -0.4 is 4.74 Å². The monoisotopic (exact) mass is 400 g/mol. The van der Waals surface area contributed by atoms with Crippen LogP contribution in [0.15, 0.2) is 59.6 Å². The molecule has 0 N–H and O–H groups in total. The minimum atomic E-state index is -3.57. The van der Waals surface area contributed by atoms with Crippen molar-refractivity contribution < 1.29 is 13.2 Å². The first kappa shape index (κ1) is 18.9. The molecule has 0 amide bonds. The predicted molar refractivity (Wildman–Crippen MR) is 107 cm³/mol. The maximum Gasteiger partial charge on any atom is 0.246 e. The van der Waals surface area contributed by atoms with Crippen molar-refractivity contribution >= 4 is 15.5 Å². The summed E-state index contributed by atoms with van der Waals surface area (Å²) in [6.45, 7) is 5.24. The van der Waals surface area contributed by atoms with Gasteiger partial charge in [-0.05, 0) is 37.3 Å². The van der Waals surface area contributed by atoms with E-state index in [-0.39, 0.29) is 4.90 Å². The lowest BCUT2D eigenvalue weighted by atomic mass is 10.3. The molecular formula is C20H24N4O3S. The second-order valence-electron chi connectivity index (χ2n) is 6.77. The van der Waals surface area contributed by atoms with Gasteiger partial charge in [0.05, 0.1) is 17.8 Å². The Kier molecular flexibility index (Phi) is 5.34. The molecule has 0 aliphatic carbocycles. The largest absolute Gasteiger partial charge is 0.492 e. The molecule has 1 aliphatic heterocycles. The SMILES string of the molecule is CCOc1ccccc1S(=O)(=O)N1CCN(Cc2cc3ccccn3n2)CC1. The van der Waals surface area contributed by atoms with Gasteiger partial charge < -0.3 is 4.74 Å². The van der Waals surface area contributed by atoms with Crippen molar-refractivity contribution in [2.75, 3.05) is 32.8 Å². The molecule has 3 aromatic rings. The van der Waals surface area contributed by atoms with E-state index in [1.54, 1.807) is 28.6 Å². The van der Waals surface area contributed by atoms with E-state index < -0.39 is 10.0 Å². The van der Waals surface area contributed by atoms with Crippen molar-refractivity contribution in [1.29, 1.82) is 0 Å². The van der Waals surface area contributed by atoms with E-state index in [1.807, 2.05) is 35.8 Å². The third-order valence-electron chi connectivity index (χ3n) is 4.90. The zero-order valence-electron chi connectivity index (χ0n) is 15.9. The third-order valence-corrected chi connectivity index (χ3v) is 6.84. The molecule has 7 nitrogen and oxygen atoms in total. The number of hydrogen-bond acceptors (Lipinski definition) is 5. The van der Waals surface area contributed by atoms with Gasteiger partial charge in [0.2, 0.25) is 10.0 Å². The van der Waals surface area contributed by atoms with Gasteiger partial charge in [-0.1, -0.05) is 18.2 Å². The van der Waals surface area contributed by atoms with Crippen LogP contribution in [0.25, 0.3) is 5.52 Å². The Labute approximate surface area is 165 Å². The maximum atomic E-state index is 13.1. The molecule has 0 saturated carbocycles. The van der Waals surface area contributed by atoms with Crippen LogP contribution in [-0.4, -0.2) is 60.0 Å². The fourth-order valence-corrected chi connectivity index (χ4v) is 5.06.